The molecular weight excluding hydrogens is 325 g/mol. The van der Waals surface area contributed by atoms with E-state index in [-0.39, 0.29) is 12.2 Å². The van der Waals surface area contributed by atoms with Crippen molar-refractivity contribution < 1.29 is 17.9 Å². The Morgan fingerprint density at radius 1 is 1.11 bits per heavy atom. The highest BCUT2D eigenvalue weighted by Crippen LogP contribution is 2.27. The van der Waals surface area contributed by atoms with Gasteiger partial charge in [-0.3, -0.25) is 0 Å². The molecule has 0 saturated heterocycles. The molecule has 0 aliphatic rings. The van der Waals surface area contributed by atoms with Crippen LogP contribution in [0.3, 0.4) is 0 Å². The van der Waals surface area contributed by atoms with Crippen molar-refractivity contribution in [1.82, 2.24) is 9.97 Å². The van der Waals surface area contributed by atoms with Gasteiger partial charge >= 0.3 is 6.36 Å². The molecule has 2 rings (SSSR count). The van der Waals surface area contributed by atoms with Gasteiger partial charge < -0.3 is 4.74 Å². The molecule has 0 amide bonds. The smallest absolute Gasteiger partial charge is 0.405 e. The summed E-state index contributed by atoms with van der Waals surface area (Å²) in [6, 6.07) is 5.93. The SMILES string of the molecule is FC(F)(F)Oc1ccccc1Cc1ncc(Br)cn1. The number of halogens is 4. The van der Waals surface area contributed by atoms with Gasteiger partial charge in [-0.1, -0.05) is 18.2 Å². The van der Waals surface area contributed by atoms with Gasteiger partial charge in [-0.15, -0.1) is 13.2 Å². The van der Waals surface area contributed by atoms with E-state index in [9.17, 15) is 13.2 Å². The van der Waals surface area contributed by atoms with E-state index in [1.54, 1.807) is 12.1 Å². The number of alkyl halides is 3. The van der Waals surface area contributed by atoms with Crippen LogP contribution in [0.4, 0.5) is 13.2 Å². The van der Waals surface area contributed by atoms with Crippen molar-refractivity contribution in [1.29, 1.82) is 0 Å². The molecule has 0 unspecified atom stereocenters. The zero-order valence-electron chi connectivity index (χ0n) is 9.49. The standard InChI is InChI=1S/C12H8BrF3N2O/c13-9-6-17-11(18-7-9)5-8-3-1-2-4-10(8)19-12(14,15)16/h1-4,6-7H,5H2. The van der Waals surface area contributed by atoms with Crippen LogP contribution in [0.25, 0.3) is 0 Å². The first-order valence-electron chi connectivity index (χ1n) is 5.24. The van der Waals surface area contributed by atoms with E-state index in [4.69, 9.17) is 0 Å². The zero-order chi connectivity index (χ0) is 13.9. The molecule has 0 N–H and O–H groups in total. The monoisotopic (exact) mass is 332 g/mol. The van der Waals surface area contributed by atoms with Gasteiger partial charge in [0.2, 0.25) is 0 Å². The lowest BCUT2D eigenvalue weighted by Crippen LogP contribution is -2.18. The molecule has 0 aliphatic heterocycles. The molecule has 0 spiro atoms. The lowest BCUT2D eigenvalue weighted by Gasteiger charge is -2.12. The second kappa shape index (κ2) is 5.56. The molecule has 3 nitrogen and oxygen atoms in total. The fourth-order valence-corrected chi connectivity index (χ4v) is 1.68. The third kappa shape index (κ3) is 4.20. The van der Waals surface area contributed by atoms with Crippen molar-refractivity contribution in [2.75, 3.05) is 0 Å². The Kier molecular flexibility index (Phi) is 4.04. The molecule has 0 aliphatic carbocycles. The minimum atomic E-state index is -4.71. The molecule has 19 heavy (non-hydrogen) atoms. The number of hydrogen-bond donors (Lipinski definition) is 0. The first kappa shape index (κ1) is 13.8. The summed E-state index contributed by atoms with van der Waals surface area (Å²) in [7, 11) is 0. The molecule has 0 atom stereocenters. The third-order valence-electron chi connectivity index (χ3n) is 2.22. The van der Waals surface area contributed by atoms with Gasteiger partial charge in [0.1, 0.15) is 11.6 Å². The molecule has 0 fully saturated rings. The Labute approximate surface area is 115 Å². The van der Waals surface area contributed by atoms with Crippen LogP contribution in [0.5, 0.6) is 5.75 Å². The summed E-state index contributed by atoms with van der Waals surface area (Å²) in [6.45, 7) is 0. The summed E-state index contributed by atoms with van der Waals surface area (Å²) in [5, 5.41) is 0. The van der Waals surface area contributed by atoms with E-state index in [0.29, 0.717) is 15.9 Å². The summed E-state index contributed by atoms with van der Waals surface area (Å²) < 4.78 is 41.4. The van der Waals surface area contributed by atoms with E-state index in [1.807, 2.05) is 0 Å². The Morgan fingerprint density at radius 3 is 2.37 bits per heavy atom. The lowest BCUT2D eigenvalue weighted by molar-refractivity contribution is -0.274. The minimum absolute atomic E-state index is 0.166. The fraction of sp³-hybridized carbons (Fsp3) is 0.167. The number of para-hydroxylation sites is 1. The number of nitrogens with zero attached hydrogens (tertiary/aromatic N) is 2. The highest BCUT2D eigenvalue weighted by molar-refractivity contribution is 9.10. The Bertz CT molecular complexity index is 558. The number of rotatable bonds is 3. The summed E-state index contributed by atoms with van der Waals surface area (Å²) in [5.74, 6) is 0.183. The second-order valence-corrected chi connectivity index (χ2v) is 4.57. The predicted molar refractivity (Wildman–Crippen MR) is 65.7 cm³/mol. The van der Waals surface area contributed by atoms with E-state index >= 15 is 0 Å². The Balaban J connectivity index is 2.22. The molecule has 0 bridgehead atoms. The molecule has 2 aromatic rings. The molecule has 7 heteroatoms. The van der Waals surface area contributed by atoms with Gasteiger partial charge in [-0.25, -0.2) is 9.97 Å². The number of hydrogen-bond acceptors (Lipinski definition) is 3. The van der Waals surface area contributed by atoms with Crippen molar-refractivity contribution in [2.24, 2.45) is 0 Å². The third-order valence-corrected chi connectivity index (χ3v) is 2.63. The van der Waals surface area contributed by atoms with Crippen LogP contribution in [0.2, 0.25) is 0 Å². The van der Waals surface area contributed by atoms with Gasteiger partial charge in [0.25, 0.3) is 0 Å². The highest BCUT2D eigenvalue weighted by Gasteiger charge is 2.32. The van der Waals surface area contributed by atoms with Crippen molar-refractivity contribution in [3.63, 3.8) is 0 Å². The van der Waals surface area contributed by atoms with E-state index < -0.39 is 6.36 Å². The van der Waals surface area contributed by atoms with E-state index in [1.165, 1.54) is 24.5 Å². The molecule has 0 radical (unpaired) electrons. The van der Waals surface area contributed by atoms with Gasteiger partial charge in [0.05, 0.1) is 4.47 Å². The topological polar surface area (TPSA) is 35.0 Å². The van der Waals surface area contributed by atoms with Crippen LogP contribution < -0.4 is 4.74 Å². The van der Waals surface area contributed by atoms with Gasteiger partial charge in [-0.05, 0) is 22.0 Å². The average Bonchev–Trinajstić information content (AvgIpc) is 2.33. The predicted octanol–water partition coefficient (Wildman–Crippen LogP) is 3.73. The van der Waals surface area contributed by atoms with Crippen molar-refractivity contribution in [3.05, 3.63) is 52.5 Å². The van der Waals surface area contributed by atoms with Gasteiger partial charge in [-0.2, -0.15) is 0 Å². The lowest BCUT2D eigenvalue weighted by atomic mass is 10.1. The number of ether oxygens (including phenoxy) is 1. The van der Waals surface area contributed by atoms with Crippen LogP contribution in [0, 0.1) is 0 Å². The minimum Gasteiger partial charge on any atom is -0.405 e. The molecular formula is C12H8BrF3N2O. The molecule has 0 saturated carbocycles. The summed E-state index contributed by atoms with van der Waals surface area (Å²) >= 11 is 3.19. The highest BCUT2D eigenvalue weighted by atomic mass is 79.9. The normalized spacial score (nSPS) is 11.4. The van der Waals surface area contributed by atoms with Crippen molar-refractivity contribution in [3.8, 4) is 5.75 Å². The largest absolute Gasteiger partial charge is 0.573 e. The Hall–Kier alpha value is -1.63. The first-order valence-corrected chi connectivity index (χ1v) is 6.03. The molecule has 100 valence electrons. The number of benzene rings is 1. The molecule has 1 aromatic heterocycles. The average molecular weight is 333 g/mol. The maximum absolute atomic E-state index is 12.3. The van der Waals surface area contributed by atoms with Crippen LogP contribution in [-0.4, -0.2) is 16.3 Å². The van der Waals surface area contributed by atoms with Gasteiger partial charge in [0, 0.05) is 24.4 Å². The fourth-order valence-electron chi connectivity index (χ4n) is 1.47. The van der Waals surface area contributed by atoms with Crippen molar-refractivity contribution in [2.45, 2.75) is 12.8 Å². The van der Waals surface area contributed by atoms with E-state index in [2.05, 4.69) is 30.6 Å². The summed E-state index contributed by atoms with van der Waals surface area (Å²) in [6.07, 6.45) is -1.47. The second-order valence-electron chi connectivity index (χ2n) is 3.65. The van der Waals surface area contributed by atoms with Crippen LogP contribution in [0.1, 0.15) is 11.4 Å². The summed E-state index contributed by atoms with van der Waals surface area (Å²) in [5.41, 5.74) is 0.377. The zero-order valence-corrected chi connectivity index (χ0v) is 11.1. The maximum atomic E-state index is 12.3. The molecule has 1 aromatic carbocycles. The van der Waals surface area contributed by atoms with Crippen molar-refractivity contribution >= 4 is 15.9 Å². The number of aromatic nitrogens is 2. The van der Waals surface area contributed by atoms with Crippen LogP contribution >= 0.6 is 15.9 Å². The van der Waals surface area contributed by atoms with Gasteiger partial charge in [0.15, 0.2) is 0 Å². The maximum Gasteiger partial charge on any atom is 0.573 e. The van der Waals surface area contributed by atoms with Crippen LogP contribution in [-0.2, 0) is 6.42 Å². The summed E-state index contributed by atoms with van der Waals surface area (Å²) in [4.78, 5) is 8.03. The quantitative estimate of drug-likeness (QED) is 0.859. The first-order chi connectivity index (χ1) is 8.94. The molecule has 1 heterocycles. The van der Waals surface area contributed by atoms with Crippen LogP contribution in [0.15, 0.2) is 41.1 Å². The Morgan fingerprint density at radius 2 is 1.74 bits per heavy atom. The van der Waals surface area contributed by atoms with E-state index in [0.717, 1.165) is 0 Å².